The first-order chi connectivity index (χ1) is 7.72. The van der Waals surface area contributed by atoms with E-state index >= 15 is 0 Å². The van der Waals surface area contributed by atoms with E-state index in [9.17, 15) is 4.79 Å². The largest absolute Gasteiger partial charge is 0.293 e. The number of carbonyl (C=O) groups is 1. The minimum Gasteiger partial charge on any atom is -0.293 e. The highest BCUT2D eigenvalue weighted by Gasteiger charge is 2.27. The molecule has 2 rings (SSSR count). The van der Waals surface area contributed by atoms with Crippen molar-refractivity contribution in [1.82, 2.24) is 4.90 Å². The fourth-order valence-corrected chi connectivity index (χ4v) is 3.68. The number of carbonyl (C=O) groups excluding carboxylic acids is 1. The minimum atomic E-state index is 0.0908. The summed E-state index contributed by atoms with van der Waals surface area (Å²) < 4.78 is 1.01. The van der Waals surface area contributed by atoms with Gasteiger partial charge >= 0.3 is 0 Å². The third-order valence-electron chi connectivity index (χ3n) is 3.08. The van der Waals surface area contributed by atoms with Crippen molar-refractivity contribution in [2.75, 3.05) is 13.1 Å². The van der Waals surface area contributed by atoms with Crippen LogP contribution in [0.2, 0.25) is 0 Å². The maximum Gasteiger partial charge on any atom is 0.189 e. The van der Waals surface area contributed by atoms with Gasteiger partial charge in [-0.1, -0.05) is 6.92 Å². The second-order valence-electron chi connectivity index (χ2n) is 4.16. The summed E-state index contributed by atoms with van der Waals surface area (Å²) in [5.74, 6) is 0.292. The molecule has 1 aliphatic rings. The molecular weight excluding hydrogens is 286 g/mol. The molecular formula is C12H16BrNOS. The Labute approximate surface area is 109 Å². The van der Waals surface area contributed by atoms with Crippen LogP contribution in [-0.4, -0.2) is 29.8 Å². The molecule has 1 aromatic heterocycles. The Hall–Kier alpha value is -0.190. The zero-order chi connectivity index (χ0) is 11.5. The third-order valence-corrected chi connectivity index (χ3v) is 4.79. The summed E-state index contributed by atoms with van der Waals surface area (Å²) >= 11 is 4.94. The molecule has 16 heavy (non-hydrogen) atoms. The quantitative estimate of drug-likeness (QED) is 0.793. The molecule has 0 aromatic carbocycles. The molecule has 0 spiro atoms. The summed E-state index contributed by atoms with van der Waals surface area (Å²) in [6.07, 6.45) is 3.38. The summed E-state index contributed by atoms with van der Waals surface area (Å²) in [4.78, 5) is 15.5. The number of halogens is 1. The molecule has 1 fully saturated rings. The minimum absolute atomic E-state index is 0.0908. The van der Waals surface area contributed by atoms with Crippen LogP contribution >= 0.6 is 27.3 Å². The van der Waals surface area contributed by atoms with E-state index in [1.54, 1.807) is 0 Å². The Bertz CT molecular complexity index is 371. The van der Waals surface area contributed by atoms with Gasteiger partial charge in [-0.25, -0.2) is 0 Å². The predicted octanol–water partition coefficient (Wildman–Crippen LogP) is 3.57. The van der Waals surface area contributed by atoms with E-state index in [0.29, 0.717) is 5.78 Å². The van der Waals surface area contributed by atoms with Gasteiger partial charge in [0.2, 0.25) is 0 Å². The van der Waals surface area contributed by atoms with E-state index in [-0.39, 0.29) is 6.04 Å². The second kappa shape index (κ2) is 5.43. The van der Waals surface area contributed by atoms with Crippen LogP contribution in [0.5, 0.6) is 0 Å². The molecule has 1 saturated heterocycles. The van der Waals surface area contributed by atoms with E-state index in [1.165, 1.54) is 24.2 Å². The van der Waals surface area contributed by atoms with E-state index in [4.69, 9.17) is 0 Å². The fourth-order valence-electron chi connectivity index (χ4n) is 2.27. The highest BCUT2D eigenvalue weighted by atomic mass is 79.9. The van der Waals surface area contributed by atoms with E-state index in [0.717, 1.165) is 28.9 Å². The van der Waals surface area contributed by atoms with Gasteiger partial charge in [0.15, 0.2) is 5.78 Å². The number of nitrogens with zero attached hydrogens (tertiary/aromatic N) is 1. The average molecular weight is 302 g/mol. The smallest absolute Gasteiger partial charge is 0.189 e. The van der Waals surface area contributed by atoms with Gasteiger partial charge < -0.3 is 0 Å². The molecule has 0 radical (unpaired) electrons. The lowest BCUT2D eigenvalue weighted by atomic mass is 10.1. The van der Waals surface area contributed by atoms with Gasteiger partial charge in [0, 0.05) is 9.85 Å². The number of likely N-dealkylation sites (tertiary alicyclic amines) is 1. The van der Waals surface area contributed by atoms with Gasteiger partial charge in [-0.05, 0) is 54.3 Å². The number of hydrogen-bond donors (Lipinski definition) is 0. The molecule has 0 aliphatic carbocycles. The summed E-state index contributed by atoms with van der Waals surface area (Å²) in [7, 11) is 0. The van der Waals surface area contributed by atoms with Gasteiger partial charge in [0.1, 0.15) is 0 Å². The number of thiophene rings is 1. The normalized spacial score (nSPS) is 18.9. The van der Waals surface area contributed by atoms with Crippen LogP contribution in [0.15, 0.2) is 15.9 Å². The van der Waals surface area contributed by atoms with E-state index in [1.807, 2.05) is 11.4 Å². The number of rotatable bonds is 4. The zero-order valence-corrected chi connectivity index (χ0v) is 11.8. The molecule has 2 heterocycles. The molecule has 4 heteroatoms. The van der Waals surface area contributed by atoms with Crippen molar-refractivity contribution in [3.05, 3.63) is 20.8 Å². The molecule has 0 amide bonds. The van der Waals surface area contributed by atoms with E-state index < -0.39 is 0 Å². The highest BCUT2D eigenvalue weighted by molar-refractivity contribution is 9.10. The molecule has 1 unspecified atom stereocenters. The van der Waals surface area contributed by atoms with Crippen molar-refractivity contribution < 1.29 is 4.79 Å². The lowest BCUT2D eigenvalue weighted by Gasteiger charge is -2.24. The number of Topliss-reactive ketones (excluding diaryl/α,β-unsaturated/α-hetero) is 1. The summed E-state index contributed by atoms with van der Waals surface area (Å²) in [5.41, 5.74) is 0. The van der Waals surface area contributed by atoms with Gasteiger partial charge in [-0.3, -0.25) is 9.69 Å². The SMILES string of the molecule is CCC(C(=O)c1cc(Br)cs1)N1CCCC1. The van der Waals surface area contributed by atoms with Crippen LogP contribution < -0.4 is 0 Å². The van der Waals surface area contributed by atoms with Crippen molar-refractivity contribution in [3.8, 4) is 0 Å². The second-order valence-corrected chi connectivity index (χ2v) is 5.99. The zero-order valence-electron chi connectivity index (χ0n) is 9.41. The highest BCUT2D eigenvalue weighted by Crippen LogP contribution is 2.24. The number of ketones is 1. The molecule has 88 valence electrons. The summed E-state index contributed by atoms with van der Waals surface area (Å²) in [5, 5.41) is 1.98. The van der Waals surface area contributed by atoms with Crippen molar-refractivity contribution in [1.29, 1.82) is 0 Å². The lowest BCUT2D eigenvalue weighted by molar-refractivity contribution is 0.0848. The van der Waals surface area contributed by atoms with Crippen LogP contribution in [0.3, 0.4) is 0 Å². The fraction of sp³-hybridized carbons (Fsp3) is 0.583. The first-order valence-electron chi connectivity index (χ1n) is 5.74. The lowest BCUT2D eigenvalue weighted by Crippen LogP contribution is -2.38. The Morgan fingerprint density at radius 2 is 2.25 bits per heavy atom. The Balaban J connectivity index is 2.11. The molecule has 1 aromatic rings. The van der Waals surface area contributed by atoms with E-state index in [2.05, 4.69) is 27.8 Å². The first kappa shape index (κ1) is 12.3. The predicted molar refractivity (Wildman–Crippen MR) is 71.2 cm³/mol. The summed E-state index contributed by atoms with van der Waals surface area (Å²) in [6.45, 7) is 4.26. The van der Waals surface area contributed by atoms with Gasteiger partial charge in [0.25, 0.3) is 0 Å². The number of hydrogen-bond acceptors (Lipinski definition) is 3. The average Bonchev–Trinajstić information content (AvgIpc) is 2.90. The van der Waals surface area contributed by atoms with Crippen LogP contribution in [0.4, 0.5) is 0 Å². The van der Waals surface area contributed by atoms with Crippen LogP contribution in [0, 0.1) is 0 Å². The monoisotopic (exact) mass is 301 g/mol. The maximum absolute atomic E-state index is 12.3. The van der Waals surface area contributed by atoms with Crippen LogP contribution in [0.25, 0.3) is 0 Å². The van der Waals surface area contributed by atoms with Crippen LogP contribution in [0.1, 0.15) is 35.9 Å². The molecule has 0 N–H and O–H groups in total. The Morgan fingerprint density at radius 1 is 1.56 bits per heavy atom. The Kier molecular flexibility index (Phi) is 4.16. The third kappa shape index (κ3) is 2.55. The molecule has 0 bridgehead atoms. The van der Waals surface area contributed by atoms with Crippen molar-refractivity contribution in [2.45, 2.75) is 32.2 Å². The van der Waals surface area contributed by atoms with Crippen molar-refractivity contribution in [2.24, 2.45) is 0 Å². The topological polar surface area (TPSA) is 20.3 Å². The van der Waals surface area contributed by atoms with Gasteiger partial charge in [-0.2, -0.15) is 0 Å². The molecule has 1 aliphatic heterocycles. The van der Waals surface area contributed by atoms with Gasteiger partial charge in [0.05, 0.1) is 10.9 Å². The molecule has 1 atom stereocenters. The van der Waals surface area contributed by atoms with Crippen molar-refractivity contribution >= 4 is 33.0 Å². The summed E-state index contributed by atoms with van der Waals surface area (Å²) in [6, 6.07) is 2.03. The molecule has 0 saturated carbocycles. The van der Waals surface area contributed by atoms with Gasteiger partial charge in [-0.15, -0.1) is 11.3 Å². The van der Waals surface area contributed by atoms with Crippen molar-refractivity contribution in [3.63, 3.8) is 0 Å². The molecule has 2 nitrogen and oxygen atoms in total. The Morgan fingerprint density at radius 3 is 2.75 bits per heavy atom. The maximum atomic E-state index is 12.3. The van der Waals surface area contributed by atoms with Crippen LogP contribution in [-0.2, 0) is 0 Å². The first-order valence-corrected chi connectivity index (χ1v) is 7.42. The standard InChI is InChI=1S/C12H16BrNOS/c1-2-10(14-5-3-4-6-14)12(15)11-7-9(13)8-16-11/h7-8,10H,2-6H2,1H3.